The van der Waals surface area contributed by atoms with E-state index in [0.29, 0.717) is 11.7 Å². The van der Waals surface area contributed by atoms with Gasteiger partial charge in [0, 0.05) is 18.7 Å². The maximum absolute atomic E-state index is 13.7. The zero-order valence-electron chi connectivity index (χ0n) is 13.0. The number of rotatable bonds is 3. The molecule has 0 N–H and O–H groups in total. The highest BCUT2D eigenvalue weighted by Crippen LogP contribution is 2.29. The second-order valence-electron chi connectivity index (χ2n) is 5.83. The second-order valence-corrected chi connectivity index (χ2v) is 5.83. The normalized spacial score (nSPS) is 14.4. The predicted molar refractivity (Wildman–Crippen MR) is 84.7 cm³/mol. The molecule has 1 aromatic heterocycles. The van der Waals surface area contributed by atoms with Crippen LogP contribution in [0.1, 0.15) is 22.2 Å². The van der Waals surface area contributed by atoms with Gasteiger partial charge in [0.1, 0.15) is 17.2 Å². The molecule has 5 nitrogen and oxygen atoms in total. The van der Waals surface area contributed by atoms with E-state index in [1.807, 2.05) is 30.3 Å². The molecule has 1 amide bonds. The Labute approximate surface area is 141 Å². The summed E-state index contributed by atoms with van der Waals surface area (Å²) >= 11 is 0. The molecule has 0 saturated carbocycles. The van der Waals surface area contributed by atoms with Gasteiger partial charge in [0.05, 0.1) is 5.92 Å². The minimum absolute atomic E-state index is 0.135. The zero-order chi connectivity index (χ0) is 17.4. The van der Waals surface area contributed by atoms with E-state index < -0.39 is 23.1 Å². The van der Waals surface area contributed by atoms with Gasteiger partial charge >= 0.3 is 0 Å². The van der Waals surface area contributed by atoms with E-state index in [1.165, 1.54) is 11.0 Å². The van der Waals surface area contributed by atoms with E-state index in [9.17, 15) is 13.6 Å². The van der Waals surface area contributed by atoms with Crippen LogP contribution in [0.4, 0.5) is 8.78 Å². The Bertz CT molecular complexity index is 901. The average Bonchev–Trinajstić information content (AvgIpc) is 3.04. The first-order valence-corrected chi connectivity index (χ1v) is 7.76. The molecule has 0 radical (unpaired) electrons. The molecule has 0 aliphatic carbocycles. The maximum Gasteiger partial charge on any atom is 0.259 e. The quantitative estimate of drug-likeness (QED) is 0.734. The van der Waals surface area contributed by atoms with Crippen LogP contribution >= 0.6 is 0 Å². The molecule has 4 rings (SSSR count). The third-order valence-electron chi connectivity index (χ3n) is 4.17. The molecule has 2 aromatic carbocycles. The van der Waals surface area contributed by atoms with Crippen LogP contribution in [0.3, 0.4) is 0 Å². The van der Waals surface area contributed by atoms with Crippen molar-refractivity contribution < 1.29 is 18.1 Å². The van der Waals surface area contributed by atoms with Gasteiger partial charge in [0.2, 0.25) is 11.7 Å². The van der Waals surface area contributed by atoms with Crippen LogP contribution < -0.4 is 0 Å². The number of carbonyl (C=O) groups is 1. The van der Waals surface area contributed by atoms with Crippen LogP contribution in [-0.4, -0.2) is 34.0 Å². The van der Waals surface area contributed by atoms with E-state index in [1.54, 1.807) is 0 Å². The third-order valence-corrected chi connectivity index (χ3v) is 4.17. The summed E-state index contributed by atoms with van der Waals surface area (Å²) in [5.41, 5.74) is 0.301. The highest BCUT2D eigenvalue weighted by atomic mass is 19.1. The lowest BCUT2D eigenvalue weighted by atomic mass is 9.98. The van der Waals surface area contributed by atoms with Crippen molar-refractivity contribution in [2.75, 3.05) is 13.1 Å². The molecule has 1 saturated heterocycles. The summed E-state index contributed by atoms with van der Waals surface area (Å²) in [5.74, 6) is -1.65. The highest BCUT2D eigenvalue weighted by molar-refractivity contribution is 5.95. The first kappa shape index (κ1) is 15.4. The summed E-state index contributed by atoms with van der Waals surface area (Å²) in [6.45, 7) is 0.562. The fourth-order valence-corrected chi connectivity index (χ4v) is 2.77. The van der Waals surface area contributed by atoms with Crippen molar-refractivity contribution in [3.05, 3.63) is 71.6 Å². The van der Waals surface area contributed by atoms with Crippen LogP contribution in [0.15, 0.2) is 53.1 Å². The Hall–Kier alpha value is -3.09. The minimum atomic E-state index is -0.863. The molecule has 0 bridgehead atoms. The highest BCUT2D eigenvalue weighted by Gasteiger charge is 2.37. The Morgan fingerprint density at radius 2 is 1.72 bits per heavy atom. The molecule has 1 aliphatic rings. The molecule has 0 spiro atoms. The summed E-state index contributed by atoms with van der Waals surface area (Å²) in [7, 11) is 0. The van der Waals surface area contributed by atoms with Gasteiger partial charge in [0.25, 0.3) is 5.91 Å². The molecular formula is C18H13F2N3O2. The number of carbonyl (C=O) groups excluding carboxylic acids is 1. The van der Waals surface area contributed by atoms with Gasteiger partial charge in [0.15, 0.2) is 0 Å². The molecule has 0 atom stereocenters. The second kappa shape index (κ2) is 6.08. The summed E-state index contributed by atoms with van der Waals surface area (Å²) in [5, 5.41) is 3.94. The van der Waals surface area contributed by atoms with Gasteiger partial charge in [-0.25, -0.2) is 8.78 Å². The van der Waals surface area contributed by atoms with Crippen molar-refractivity contribution in [2.24, 2.45) is 0 Å². The standard InChI is InChI=1S/C18H13F2N3O2/c19-13-7-4-8-14(20)15(13)18(24)23-9-12(10-23)17-21-16(22-25-17)11-5-2-1-3-6-11/h1-8,12H,9-10H2. The van der Waals surface area contributed by atoms with Crippen molar-refractivity contribution in [3.63, 3.8) is 0 Å². The van der Waals surface area contributed by atoms with E-state index >= 15 is 0 Å². The predicted octanol–water partition coefficient (Wildman–Crippen LogP) is 3.25. The van der Waals surface area contributed by atoms with Crippen molar-refractivity contribution in [1.29, 1.82) is 0 Å². The van der Waals surface area contributed by atoms with E-state index in [2.05, 4.69) is 10.1 Å². The van der Waals surface area contributed by atoms with Crippen LogP contribution in [-0.2, 0) is 0 Å². The largest absolute Gasteiger partial charge is 0.339 e. The lowest BCUT2D eigenvalue weighted by Gasteiger charge is -2.37. The summed E-state index contributed by atoms with van der Waals surface area (Å²) < 4.78 is 32.7. The SMILES string of the molecule is O=C(c1c(F)cccc1F)N1CC(c2nc(-c3ccccc3)no2)C1. The summed E-state index contributed by atoms with van der Waals surface area (Å²) in [4.78, 5) is 18.0. The zero-order valence-corrected chi connectivity index (χ0v) is 13.0. The molecule has 25 heavy (non-hydrogen) atoms. The molecule has 3 aromatic rings. The van der Waals surface area contributed by atoms with Gasteiger partial charge < -0.3 is 9.42 Å². The number of halogens is 2. The van der Waals surface area contributed by atoms with Gasteiger partial charge in [-0.2, -0.15) is 4.98 Å². The molecule has 1 aliphatic heterocycles. The number of likely N-dealkylation sites (tertiary alicyclic amines) is 1. The lowest BCUT2D eigenvalue weighted by Crippen LogP contribution is -2.49. The summed E-state index contributed by atoms with van der Waals surface area (Å²) in [6.07, 6.45) is 0. The number of benzene rings is 2. The molecule has 7 heteroatoms. The number of aromatic nitrogens is 2. The number of nitrogens with zero attached hydrogens (tertiary/aromatic N) is 3. The van der Waals surface area contributed by atoms with Crippen LogP contribution in [0.5, 0.6) is 0 Å². The minimum Gasteiger partial charge on any atom is -0.339 e. The Morgan fingerprint density at radius 1 is 1.04 bits per heavy atom. The fraction of sp³-hybridized carbons (Fsp3) is 0.167. The van der Waals surface area contributed by atoms with E-state index in [4.69, 9.17) is 4.52 Å². The monoisotopic (exact) mass is 341 g/mol. The van der Waals surface area contributed by atoms with E-state index in [-0.39, 0.29) is 19.0 Å². The topological polar surface area (TPSA) is 59.2 Å². The van der Waals surface area contributed by atoms with Gasteiger partial charge in [-0.3, -0.25) is 4.79 Å². The van der Waals surface area contributed by atoms with E-state index in [0.717, 1.165) is 17.7 Å². The smallest absolute Gasteiger partial charge is 0.259 e. The molecule has 126 valence electrons. The van der Waals surface area contributed by atoms with Crippen molar-refractivity contribution in [1.82, 2.24) is 15.0 Å². The van der Waals surface area contributed by atoms with Crippen LogP contribution in [0, 0.1) is 11.6 Å². The number of hydrogen-bond acceptors (Lipinski definition) is 4. The Balaban J connectivity index is 1.46. The van der Waals surface area contributed by atoms with Crippen molar-refractivity contribution in [2.45, 2.75) is 5.92 Å². The number of amides is 1. The van der Waals surface area contributed by atoms with Crippen molar-refractivity contribution in [3.8, 4) is 11.4 Å². The van der Waals surface area contributed by atoms with Gasteiger partial charge in [-0.15, -0.1) is 0 Å². The average molecular weight is 341 g/mol. The summed E-state index contributed by atoms with van der Waals surface area (Å²) in [6, 6.07) is 12.7. The maximum atomic E-state index is 13.7. The van der Waals surface area contributed by atoms with Gasteiger partial charge in [-0.1, -0.05) is 41.6 Å². The molecule has 2 heterocycles. The Morgan fingerprint density at radius 3 is 2.40 bits per heavy atom. The first-order valence-electron chi connectivity index (χ1n) is 7.76. The lowest BCUT2D eigenvalue weighted by molar-refractivity contribution is 0.0559. The van der Waals surface area contributed by atoms with Crippen LogP contribution in [0.2, 0.25) is 0 Å². The first-order chi connectivity index (χ1) is 12.1. The molecule has 0 unspecified atom stereocenters. The van der Waals surface area contributed by atoms with Gasteiger partial charge in [-0.05, 0) is 12.1 Å². The third kappa shape index (κ3) is 2.77. The Kier molecular flexibility index (Phi) is 3.76. The molecule has 1 fully saturated rings. The molecular weight excluding hydrogens is 328 g/mol. The van der Waals surface area contributed by atoms with Crippen LogP contribution in [0.25, 0.3) is 11.4 Å². The fourth-order valence-electron chi connectivity index (χ4n) is 2.77. The van der Waals surface area contributed by atoms with Crippen molar-refractivity contribution >= 4 is 5.91 Å². The number of hydrogen-bond donors (Lipinski definition) is 0.